The molecule has 0 aliphatic heterocycles. The number of Topliss-reactive ketones (excluding diaryl/α,β-unsaturated/α-hetero) is 1. The second-order valence-electron chi connectivity index (χ2n) is 3.80. The van der Waals surface area contributed by atoms with Gasteiger partial charge in [-0.1, -0.05) is 24.3 Å². The maximum Gasteiger partial charge on any atom is 0.166 e. The van der Waals surface area contributed by atoms with Gasteiger partial charge in [-0.2, -0.15) is 0 Å². The summed E-state index contributed by atoms with van der Waals surface area (Å²) in [6, 6.07) is 7.93. The molecule has 0 amide bonds. The molecule has 0 heterocycles. The zero-order valence-electron chi connectivity index (χ0n) is 8.99. The molecule has 1 aromatic rings. The van der Waals surface area contributed by atoms with E-state index in [0.717, 1.165) is 16.7 Å². The van der Waals surface area contributed by atoms with Gasteiger partial charge in [0.15, 0.2) is 5.78 Å². The standard InChI is InChI=1S/C13H14O2/c1-9-5-3-4-6-11(9)12-7-10(15-2)8-13(12)14/h3-7,10H,8H2,1-2H3. The molecule has 0 saturated carbocycles. The molecule has 0 aromatic heterocycles. The van der Waals surface area contributed by atoms with Crippen molar-refractivity contribution in [2.24, 2.45) is 0 Å². The zero-order valence-corrected chi connectivity index (χ0v) is 8.99. The minimum Gasteiger partial charge on any atom is -0.377 e. The smallest absolute Gasteiger partial charge is 0.166 e. The number of rotatable bonds is 2. The van der Waals surface area contributed by atoms with Crippen LogP contribution in [0.15, 0.2) is 30.3 Å². The Morgan fingerprint density at radius 3 is 2.67 bits per heavy atom. The van der Waals surface area contributed by atoms with Crippen LogP contribution in [0, 0.1) is 6.92 Å². The molecule has 2 rings (SSSR count). The first-order chi connectivity index (χ1) is 7.22. The summed E-state index contributed by atoms with van der Waals surface area (Å²) < 4.78 is 5.18. The summed E-state index contributed by atoms with van der Waals surface area (Å²) in [6.07, 6.45) is 2.34. The van der Waals surface area contributed by atoms with E-state index in [9.17, 15) is 4.79 Å². The average Bonchev–Trinajstić information content (AvgIpc) is 2.60. The molecule has 78 valence electrons. The first kappa shape index (κ1) is 10.1. The van der Waals surface area contributed by atoms with E-state index in [1.807, 2.05) is 37.3 Å². The van der Waals surface area contributed by atoms with Crippen LogP contribution in [0.4, 0.5) is 0 Å². The van der Waals surface area contributed by atoms with Gasteiger partial charge in [-0.15, -0.1) is 0 Å². The van der Waals surface area contributed by atoms with Gasteiger partial charge < -0.3 is 4.74 Å². The van der Waals surface area contributed by atoms with E-state index in [0.29, 0.717) is 6.42 Å². The summed E-state index contributed by atoms with van der Waals surface area (Å²) in [5.74, 6) is 0.177. The van der Waals surface area contributed by atoms with Crippen LogP contribution < -0.4 is 0 Å². The first-order valence-electron chi connectivity index (χ1n) is 5.06. The number of carbonyl (C=O) groups excluding carboxylic acids is 1. The minimum atomic E-state index is -0.0490. The molecule has 2 nitrogen and oxygen atoms in total. The molecule has 0 N–H and O–H groups in total. The number of allylic oxidation sites excluding steroid dienone is 1. The summed E-state index contributed by atoms with van der Waals surface area (Å²) in [6.45, 7) is 2.02. The van der Waals surface area contributed by atoms with Gasteiger partial charge in [-0.05, 0) is 24.1 Å². The molecule has 1 atom stereocenters. The predicted molar refractivity (Wildman–Crippen MR) is 59.6 cm³/mol. The van der Waals surface area contributed by atoms with Crippen LogP contribution in [0.1, 0.15) is 17.5 Å². The van der Waals surface area contributed by atoms with Gasteiger partial charge in [-0.3, -0.25) is 4.79 Å². The molecule has 15 heavy (non-hydrogen) atoms. The third-order valence-corrected chi connectivity index (χ3v) is 2.78. The summed E-state index contributed by atoms with van der Waals surface area (Å²) in [5.41, 5.74) is 2.97. The van der Waals surface area contributed by atoms with E-state index in [-0.39, 0.29) is 11.9 Å². The van der Waals surface area contributed by atoms with E-state index >= 15 is 0 Å². The quantitative estimate of drug-likeness (QED) is 0.736. The highest BCUT2D eigenvalue weighted by Gasteiger charge is 2.25. The van der Waals surface area contributed by atoms with E-state index in [2.05, 4.69) is 0 Å². The van der Waals surface area contributed by atoms with Gasteiger partial charge in [-0.25, -0.2) is 0 Å². The molecular formula is C13H14O2. The molecule has 0 bridgehead atoms. The van der Waals surface area contributed by atoms with Crippen molar-refractivity contribution in [3.63, 3.8) is 0 Å². The molecule has 1 aliphatic rings. The monoisotopic (exact) mass is 202 g/mol. The molecule has 0 spiro atoms. The molecule has 0 radical (unpaired) electrons. The number of carbonyl (C=O) groups is 1. The lowest BCUT2D eigenvalue weighted by molar-refractivity contribution is -0.114. The van der Waals surface area contributed by atoms with E-state index < -0.39 is 0 Å². The van der Waals surface area contributed by atoms with Crippen LogP contribution in [0.25, 0.3) is 5.57 Å². The third kappa shape index (κ3) is 1.85. The van der Waals surface area contributed by atoms with Crippen molar-refractivity contribution in [3.8, 4) is 0 Å². The largest absolute Gasteiger partial charge is 0.377 e. The lowest BCUT2D eigenvalue weighted by atomic mass is 10.00. The molecule has 1 unspecified atom stereocenters. The predicted octanol–water partition coefficient (Wildman–Crippen LogP) is 2.37. The van der Waals surface area contributed by atoms with Crippen molar-refractivity contribution in [3.05, 3.63) is 41.5 Å². The van der Waals surface area contributed by atoms with Crippen molar-refractivity contribution >= 4 is 11.4 Å². The van der Waals surface area contributed by atoms with Crippen molar-refractivity contribution in [2.45, 2.75) is 19.4 Å². The normalized spacial score (nSPS) is 20.5. The third-order valence-electron chi connectivity index (χ3n) is 2.78. The molecule has 2 heteroatoms. The van der Waals surface area contributed by atoms with Gasteiger partial charge in [0.2, 0.25) is 0 Å². The number of benzene rings is 1. The molecule has 1 aromatic carbocycles. The summed E-state index contributed by atoms with van der Waals surface area (Å²) in [7, 11) is 1.63. The SMILES string of the molecule is COC1C=C(c2ccccc2C)C(=O)C1. The Morgan fingerprint density at radius 1 is 1.33 bits per heavy atom. The Bertz CT molecular complexity index is 418. The van der Waals surface area contributed by atoms with Crippen LogP contribution in [-0.2, 0) is 9.53 Å². The van der Waals surface area contributed by atoms with Gasteiger partial charge in [0.25, 0.3) is 0 Å². The van der Waals surface area contributed by atoms with Gasteiger partial charge >= 0.3 is 0 Å². The number of hydrogen-bond acceptors (Lipinski definition) is 2. The lowest BCUT2D eigenvalue weighted by Crippen LogP contribution is -2.05. The van der Waals surface area contributed by atoms with Crippen molar-refractivity contribution in [1.82, 2.24) is 0 Å². The Labute approximate surface area is 89.6 Å². The molecule has 0 saturated heterocycles. The molecule has 0 fully saturated rings. The average molecular weight is 202 g/mol. The van der Waals surface area contributed by atoms with Crippen LogP contribution in [-0.4, -0.2) is 19.0 Å². The zero-order chi connectivity index (χ0) is 10.8. The van der Waals surface area contributed by atoms with Crippen LogP contribution in [0.3, 0.4) is 0 Å². The highest BCUT2D eigenvalue weighted by Crippen LogP contribution is 2.28. The number of hydrogen-bond donors (Lipinski definition) is 0. The summed E-state index contributed by atoms with van der Waals surface area (Å²) in [4.78, 5) is 11.7. The maximum atomic E-state index is 11.7. The number of aryl methyl sites for hydroxylation is 1. The van der Waals surface area contributed by atoms with E-state index in [4.69, 9.17) is 4.74 Å². The van der Waals surface area contributed by atoms with Crippen LogP contribution >= 0.6 is 0 Å². The lowest BCUT2D eigenvalue weighted by Gasteiger charge is -2.04. The van der Waals surface area contributed by atoms with Crippen molar-refractivity contribution in [1.29, 1.82) is 0 Å². The fourth-order valence-electron chi connectivity index (χ4n) is 1.90. The Morgan fingerprint density at radius 2 is 2.07 bits per heavy atom. The number of methoxy groups -OCH3 is 1. The van der Waals surface area contributed by atoms with E-state index in [1.54, 1.807) is 7.11 Å². The van der Waals surface area contributed by atoms with Gasteiger partial charge in [0.1, 0.15) is 0 Å². The fourth-order valence-corrected chi connectivity index (χ4v) is 1.90. The summed E-state index contributed by atoms with van der Waals surface area (Å²) in [5, 5.41) is 0. The van der Waals surface area contributed by atoms with Crippen LogP contribution in [0.5, 0.6) is 0 Å². The minimum absolute atomic E-state index is 0.0490. The highest BCUT2D eigenvalue weighted by molar-refractivity contribution is 6.23. The maximum absolute atomic E-state index is 11.7. The Kier molecular flexibility index (Phi) is 2.69. The number of ketones is 1. The van der Waals surface area contributed by atoms with Gasteiger partial charge in [0.05, 0.1) is 6.10 Å². The first-order valence-corrected chi connectivity index (χ1v) is 5.06. The van der Waals surface area contributed by atoms with Crippen molar-refractivity contribution in [2.75, 3.05) is 7.11 Å². The Balaban J connectivity index is 2.40. The number of ether oxygens (including phenoxy) is 1. The second kappa shape index (κ2) is 3.99. The molecular weight excluding hydrogens is 188 g/mol. The van der Waals surface area contributed by atoms with Crippen LogP contribution in [0.2, 0.25) is 0 Å². The van der Waals surface area contributed by atoms with E-state index in [1.165, 1.54) is 0 Å². The van der Waals surface area contributed by atoms with Crippen molar-refractivity contribution < 1.29 is 9.53 Å². The Hall–Kier alpha value is -1.41. The second-order valence-corrected chi connectivity index (χ2v) is 3.80. The van der Waals surface area contributed by atoms with Gasteiger partial charge in [0, 0.05) is 19.1 Å². The topological polar surface area (TPSA) is 26.3 Å². The fraction of sp³-hybridized carbons (Fsp3) is 0.308. The highest BCUT2D eigenvalue weighted by atomic mass is 16.5. The molecule has 1 aliphatic carbocycles. The summed E-state index contributed by atoms with van der Waals surface area (Å²) >= 11 is 0.